The van der Waals surface area contributed by atoms with Gasteiger partial charge in [-0.15, -0.1) is 0 Å². The maximum absolute atomic E-state index is 6.24. The number of benzene rings is 3. The number of aromatic nitrogens is 1. The first-order valence-corrected chi connectivity index (χ1v) is 12.0. The highest BCUT2D eigenvalue weighted by molar-refractivity contribution is 6.16. The van der Waals surface area contributed by atoms with Crippen molar-refractivity contribution in [2.45, 2.75) is 43.9 Å². The highest BCUT2D eigenvalue weighted by atomic mass is 16.3. The Kier molecular flexibility index (Phi) is 3.02. The quantitative estimate of drug-likeness (QED) is 0.279. The van der Waals surface area contributed by atoms with Gasteiger partial charge in [-0.25, -0.2) is 0 Å². The van der Waals surface area contributed by atoms with Gasteiger partial charge in [-0.05, 0) is 97.6 Å². The lowest BCUT2D eigenvalue weighted by molar-refractivity contribution is -0.00512. The van der Waals surface area contributed by atoms with Gasteiger partial charge in [0, 0.05) is 39.6 Å². The Balaban J connectivity index is 1.38. The van der Waals surface area contributed by atoms with Crippen LogP contribution in [0.15, 0.2) is 59.0 Å². The minimum Gasteiger partial charge on any atom is -0.456 e. The third-order valence-corrected chi connectivity index (χ3v) is 9.16. The first kappa shape index (κ1) is 16.9. The van der Waals surface area contributed by atoms with E-state index in [1.807, 2.05) is 0 Å². The summed E-state index contributed by atoms with van der Waals surface area (Å²) in [6.07, 6.45) is 8.76. The summed E-state index contributed by atoms with van der Waals surface area (Å²) in [5.41, 5.74) is 6.66. The lowest BCUT2D eigenvalue weighted by Gasteiger charge is -2.57. The largest absolute Gasteiger partial charge is 0.456 e. The van der Waals surface area contributed by atoms with Crippen LogP contribution in [0.3, 0.4) is 0 Å². The van der Waals surface area contributed by atoms with E-state index in [9.17, 15) is 0 Å². The van der Waals surface area contributed by atoms with E-state index in [0.29, 0.717) is 5.41 Å². The molecule has 4 fully saturated rings. The molecular formula is C29H27NO. The van der Waals surface area contributed by atoms with Crippen molar-refractivity contribution < 1.29 is 4.42 Å². The molecule has 0 amide bonds. The smallest absolute Gasteiger partial charge is 0.136 e. The van der Waals surface area contributed by atoms with E-state index in [1.165, 1.54) is 71.1 Å². The second-order valence-corrected chi connectivity index (χ2v) is 11.0. The standard InChI is InChI=1S/C29H27NO/c1-30-25-7-6-20(29-14-17-8-18(15-29)10-19(9-17)16-29)11-22(25)23-13-28-24(12-26(23)30)21-4-2-3-5-27(21)31-28/h2-7,11-13,17-19H,8-10,14-16H2,1H3. The normalized spacial score (nSPS) is 29.8. The molecule has 0 aliphatic heterocycles. The molecule has 4 bridgehead atoms. The molecule has 0 radical (unpaired) electrons. The van der Waals surface area contributed by atoms with Gasteiger partial charge < -0.3 is 8.98 Å². The number of para-hydroxylation sites is 1. The molecule has 2 heteroatoms. The van der Waals surface area contributed by atoms with E-state index in [-0.39, 0.29) is 0 Å². The summed E-state index contributed by atoms with van der Waals surface area (Å²) >= 11 is 0. The van der Waals surface area contributed by atoms with Crippen LogP contribution in [0.4, 0.5) is 0 Å². The van der Waals surface area contributed by atoms with Crippen molar-refractivity contribution >= 4 is 43.7 Å². The number of rotatable bonds is 1. The van der Waals surface area contributed by atoms with Gasteiger partial charge in [0.25, 0.3) is 0 Å². The first-order chi connectivity index (χ1) is 15.2. The Hall–Kier alpha value is -2.74. The van der Waals surface area contributed by atoms with Gasteiger partial charge in [-0.2, -0.15) is 0 Å². The van der Waals surface area contributed by atoms with E-state index < -0.39 is 0 Å². The van der Waals surface area contributed by atoms with Gasteiger partial charge in [0.15, 0.2) is 0 Å². The summed E-state index contributed by atoms with van der Waals surface area (Å²) in [5, 5.41) is 5.15. The zero-order valence-electron chi connectivity index (χ0n) is 18.0. The molecule has 0 atom stereocenters. The van der Waals surface area contributed by atoms with Crippen molar-refractivity contribution in [3.63, 3.8) is 0 Å². The zero-order valence-corrected chi connectivity index (χ0v) is 18.0. The Bertz CT molecular complexity index is 1500. The molecule has 3 aromatic carbocycles. The fourth-order valence-corrected chi connectivity index (χ4v) is 8.22. The Morgan fingerprint density at radius 3 is 2.19 bits per heavy atom. The van der Waals surface area contributed by atoms with E-state index >= 15 is 0 Å². The van der Waals surface area contributed by atoms with Crippen molar-refractivity contribution in [2.24, 2.45) is 24.8 Å². The summed E-state index contributed by atoms with van der Waals surface area (Å²) < 4.78 is 8.61. The maximum Gasteiger partial charge on any atom is 0.136 e. The first-order valence-electron chi connectivity index (χ1n) is 12.0. The molecule has 4 aliphatic rings. The summed E-state index contributed by atoms with van der Waals surface area (Å²) in [6.45, 7) is 0. The SMILES string of the molecule is Cn1c2ccc(C34CC5CC(CC(C5)C3)C4)cc2c2cc3oc4ccccc4c3cc21. The van der Waals surface area contributed by atoms with Crippen molar-refractivity contribution in [1.82, 2.24) is 4.57 Å². The van der Waals surface area contributed by atoms with Gasteiger partial charge in [0.1, 0.15) is 11.2 Å². The predicted molar refractivity (Wildman–Crippen MR) is 128 cm³/mol. The topological polar surface area (TPSA) is 18.1 Å². The third kappa shape index (κ3) is 2.14. The average molecular weight is 406 g/mol. The average Bonchev–Trinajstić information content (AvgIpc) is 3.26. The molecule has 31 heavy (non-hydrogen) atoms. The molecule has 0 N–H and O–H groups in total. The van der Waals surface area contributed by atoms with Crippen molar-refractivity contribution in [3.8, 4) is 0 Å². The monoisotopic (exact) mass is 405 g/mol. The Morgan fingerprint density at radius 2 is 1.42 bits per heavy atom. The molecule has 5 aromatic rings. The van der Waals surface area contributed by atoms with E-state index in [1.54, 1.807) is 5.56 Å². The zero-order chi connectivity index (χ0) is 20.3. The van der Waals surface area contributed by atoms with E-state index in [0.717, 1.165) is 28.9 Å². The molecular weight excluding hydrogens is 378 g/mol. The highest BCUT2D eigenvalue weighted by Crippen LogP contribution is 2.61. The van der Waals surface area contributed by atoms with Crippen LogP contribution in [0.1, 0.15) is 44.1 Å². The Labute approximate surface area is 181 Å². The van der Waals surface area contributed by atoms with Crippen LogP contribution in [0, 0.1) is 17.8 Å². The number of nitrogens with zero attached hydrogens (tertiary/aromatic N) is 1. The summed E-state index contributed by atoms with van der Waals surface area (Å²) in [6, 6.07) is 20.4. The van der Waals surface area contributed by atoms with Gasteiger partial charge in [0.05, 0.1) is 0 Å². The number of fused-ring (bicyclic) bond motifs is 6. The molecule has 0 unspecified atom stereocenters. The second kappa shape index (κ2) is 5.54. The molecule has 2 aromatic heterocycles. The molecule has 2 heterocycles. The summed E-state index contributed by atoms with van der Waals surface area (Å²) in [7, 11) is 2.21. The van der Waals surface area contributed by atoms with E-state index in [2.05, 4.69) is 66.2 Å². The van der Waals surface area contributed by atoms with Crippen LogP contribution in [0.2, 0.25) is 0 Å². The minimum atomic E-state index is 0.439. The van der Waals surface area contributed by atoms with Crippen molar-refractivity contribution in [1.29, 1.82) is 0 Å². The minimum absolute atomic E-state index is 0.439. The number of hydrogen-bond acceptors (Lipinski definition) is 1. The fraction of sp³-hybridized carbons (Fsp3) is 0.379. The van der Waals surface area contributed by atoms with Crippen LogP contribution in [0.25, 0.3) is 43.7 Å². The van der Waals surface area contributed by atoms with Crippen LogP contribution in [0.5, 0.6) is 0 Å². The van der Waals surface area contributed by atoms with Gasteiger partial charge >= 0.3 is 0 Å². The molecule has 0 spiro atoms. The molecule has 0 saturated heterocycles. The van der Waals surface area contributed by atoms with Gasteiger partial charge in [-0.1, -0.05) is 24.3 Å². The third-order valence-electron chi connectivity index (χ3n) is 9.16. The highest BCUT2D eigenvalue weighted by Gasteiger charge is 2.51. The summed E-state index contributed by atoms with van der Waals surface area (Å²) in [4.78, 5) is 0. The van der Waals surface area contributed by atoms with Crippen LogP contribution >= 0.6 is 0 Å². The van der Waals surface area contributed by atoms with Crippen LogP contribution < -0.4 is 0 Å². The predicted octanol–water partition coefficient (Wildman–Crippen LogP) is 7.70. The summed E-state index contributed by atoms with van der Waals surface area (Å²) in [5.74, 6) is 2.93. The molecule has 154 valence electrons. The van der Waals surface area contributed by atoms with E-state index in [4.69, 9.17) is 4.42 Å². The fourth-order valence-electron chi connectivity index (χ4n) is 8.22. The van der Waals surface area contributed by atoms with Gasteiger partial charge in [0.2, 0.25) is 0 Å². The number of hydrogen-bond donors (Lipinski definition) is 0. The number of furan rings is 1. The van der Waals surface area contributed by atoms with Crippen molar-refractivity contribution in [2.75, 3.05) is 0 Å². The lowest BCUT2D eigenvalue weighted by atomic mass is 9.48. The number of aryl methyl sites for hydroxylation is 1. The molecule has 2 nitrogen and oxygen atoms in total. The molecule has 4 saturated carbocycles. The lowest BCUT2D eigenvalue weighted by Crippen LogP contribution is -2.48. The molecule has 4 aliphatic carbocycles. The maximum atomic E-state index is 6.24. The van der Waals surface area contributed by atoms with Gasteiger partial charge in [-0.3, -0.25) is 0 Å². The Morgan fingerprint density at radius 1 is 0.710 bits per heavy atom. The van der Waals surface area contributed by atoms with Crippen molar-refractivity contribution in [3.05, 3.63) is 60.2 Å². The van der Waals surface area contributed by atoms with Crippen LogP contribution in [-0.2, 0) is 12.5 Å². The molecule has 9 rings (SSSR count). The van der Waals surface area contributed by atoms with Crippen LogP contribution in [-0.4, -0.2) is 4.57 Å². The second-order valence-electron chi connectivity index (χ2n) is 11.0.